The van der Waals surface area contributed by atoms with Gasteiger partial charge in [0.1, 0.15) is 5.82 Å². The first kappa shape index (κ1) is 28.4. The molecule has 1 aliphatic carbocycles. The SMILES string of the molecule is C=C(NCc1cc(F)cc(C(F)(F)F)c1)C1(COC)CCC(N2CCC(/C=C\c3ccccc3)[C@@H](C)C2)C1. The summed E-state index contributed by atoms with van der Waals surface area (Å²) in [5.41, 5.74) is 0.908. The first-order chi connectivity index (χ1) is 18.1. The molecule has 2 aromatic rings. The van der Waals surface area contributed by atoms with E-state index in [1.165, 1.54) is 5.56 Å². The standard InChI is InChI=1S/C31H38F4N2O/c1-22-20-37(14-12-26(22)10-9-24-7-5-4-6-8-24)29-11-13-30(18-29,21-38-3)23(2)36-19-25-15-27(31(33,34)35)17-28(32)16-25/h4-10,15-17,22,26,29,36H,2,11-14,18-21H2,1,3H3/b10-9-/t22-,26?,29?,30?/m0/s1. The first-order valence-electron chi connectivity index (χ1n) is 13.4. The zero-order valence-corrected chi connectivity index (χ0v) is 22.2. The average Bonchev–Trinajstić information content (AvgIpc) is 3.32. The van der Waals surface area contributed by atoms with Crippen LogP contribution >= 0.6 is 0 Å². The van der Waals surface area contributed by atoms with E-state index in [9.17, 15) is 17.6 Å². The summed E-state index contributed by atoms with van der Waals surface area (Å²) in [7, 11) is 1.66. The summed E-state index contributed by atoms with van der Waals surface area (Å²) in [4.78, 5) is 2.59. The van der Waals surface area contributed by atoms with E-state index in [4.69, 9.17) is 4.74 Å². The van der Waals surface area contributed by atoms with Crippen molar-refractivity contribution in [2.75, 3.05) is 26.8 Å². The third-order valence-corrected chi connectivity index (χ3v) is 8.29. The number of rotatable bonds is 9. The molecule has 1 aliphatic heterocycles. The maximum Gasteiger partial charge on any atom is 0.416 e. The van der Waals surface area contributed by atoms with Crippen molar-refractivity contribution in [3.63, 3.8) is 0 Å². The summed E-state index contributed by atoms with van der Waals surface area (Å²) in [6.07, 6.45) is 3.87. The summed E-state index contributed by atoms with van der Waals surface area (Å²) in [6.45, 7) is 9.20. The van der Waals surface area contributed by atoms with Gasteiger partial charge in [0.2, 0.25) is 0 Å². The van der Waals surface area contributed by atoms with Gasteiger partial charge in [-0.15, -0.1) is 0 Å². The normalized spacial score (nSPS) is 26.6. The Labute approximate surface area is 223 Å². The highest BCUT2D eigenvalue weighted by Crippen LogP contribution is 2.46. The van der Waals surface area contributed by atoms with Crippen molar-refractivity contribution in [2.24, 2.45) is 17.3 Å². The van der Waals surface area contributed by atoms with Crippen LogP contribution in [0.15, 0.2) is 66.9 Å². The zero-order chi connectivity index (χ0) is 27.3. The van der Waals surface area contributed by atoms with Gasteiger partial charge in [0, 0.05) is 37.4 Å². The molecule has 7 heteroatoms. The smallest absolute Gasteiger partial charge is 0.384 e. The third kappa shape index (κ3) is 6.86. The van der Waals surface area contributed by atoms with Gasteiger partial charge in [-0.1, -0.05) is 56.0 Å². The monoisotopic (exact) mass is 530 g/mol. The Hall–Kier alpha value is -2.64. The second kappa shape index (κ2) is 12.0. The van der Waals surface area contributed by atoms with Crippen molar-refractivity contribution in [3.8, 4) is 0 Å². The Morgan fingerprint density at radius 1 is 1.18 bits per heavy atom. The Balaban J connectivity index is 1.36. The summed E-state index contributed by atoms with van der Waals surface area (Å²) in [6, 6.07) is 13.4. The predicted octanol–water partition coefficient (Wildman–Crippen LogP) is 7.30. The van der Waals surface area contributed by atoms with Gasteiger partial charge in [-0.25, -0.2) is 4.39 Å². The van der Waals surface area contributed by atoms with Crippen LogP contribution in [0.5, 0.6) is 0 Å². The van der Waals surface area contributed by atoms with Crippen molar-refractivity contribution < 1.29 is 22.3 Å². The zero-order valence-electron chi connectivity index (χ0n) is 22.2. The molecule has 3 unspecified atom stereocenters. The Kier molecular flexibility index (Phi) is 8.99. The molecule has 0 aromatic heterocycles. The summed E-state index contributed by atoms with van der Waals surface area (Å²) >= 11 is 0. The summed E-state index contributed by atoms with van der Waals surface area (Å²) in [5, 5.41) is 3.21. The van der Waals surface area contributed by atoms with Crippen LogP contribution in [0.25, 0.3) is 6.08 Å². The number of allylic oxidation sites excluding steroid dienone is 1. The maximum atomic E-state index is 13.9. The first-order valence-corrected chi connectivity index (χ1v) is 13.4. The van der Waals surface area contributed by atoms with E-state index in [2.05, 4.69) is 60.1 Å². The van der Waals surface area contributed by atoms with Crippen molar-refractivity contribution in [2.45, 2.75) is 51.4 Å². The molecule has 2 aliphatic rings. The highest BCUT2D eigenvalue weighted by Gasteiger charge is 2.44. The molecule has 4 rings (SSSR count). The second-order valence-electron chi connectivity index (χ2n) is 11.0. The number of nitrogens with zero attached hydrogens (tertiary/aromatic N) is 1. The van der Waals surface area contributed by atoms with Crippen LogP contribution in [-0.4, -0.2) is 37.7 Å². The molecule has 0 bridgehead atoms. The number of ether oxygens (including phenoxy) is 1. The number of hydrogen-bond donors (Lipinski definition) is 1. The lowest BCUT2D eigenvalue weighted by atomic mass is 9.82. The number of halogens is 4. The minimum absolute atomic E-state index is 0.0754. The van der Waals surface area contributed by atoms with E-state index in [1.807, 2.05) is 6.07 Å². The van der Waals surface area contributed by atoms with Gasteiger partial charge in [0.05, 0.1) is 12.2 Å². The van der Waals surface area contributed by atoms with Gasteiger partial charge in [0.25, 0.3) is 0 Å². The van der Waals surface area contributed by atoms with Gasteiger partial charge in [-0.05, 0) is 73.4 Å². The average molecular weight is 531 g/mol. The lowest BCUT2D eigenvalue weighted by molar-refractivity contribution is -0.137. The van der Waals surface area contributed by atoms with E-state index >= 15 is 0 Å². The maximum absolute atomic E-state index is 13.9. The Morgan fingerprint density at radius 3 is 2.63 bits per heavy atom. The molecule has 3 nitrogen and oxygen atoms in total. The van der Waals surface area contributed by atoms with E-state index in [0.717, 1.165) is 56.6 Å². The van der Waals surface area contributed by atoms with Gasteiger partial charge in [0.15, 0.2) is 0 Å². The number of benzene rings is 2. The summed E-state index contributed by atoms with van der Waals surface area (Å²) in [5.74, 6) is 0.185. The molecule has 1 N–H and O–H groups in total. The number of piperidine rings is 1. The van der Waals surface area contributed by atoms with Crippen molar-refractivity contribution >= 4 is 6.08 Å². The fourth-order valence-electron chi connectivity index (χ4n) is 6.10. The minimum atomic E-state index is -4.59. The molecule has 206 valence electrons. The summed E-state index contributed by atoms with van der Waals surface area (Å²) < 4.78 is 58.8. The number of methoxy groups -OCH3 is 1. The van der Waals surface area contributed by atoms with Crippen LogP contribution in [-0.2, 0) is 17.5 Å². The molecule has 0 radical (unpaired) electrons. The molecule has 2 fully saturated rings. The molecule has 0 spiro atoms. The lowest BCUT2D eigenvalue weighted by Crippen LogP contribution is -2.45. The van der Waals surface area contributed by atoms with Crippen molar-refractivity contribution in [1.82, 2.24) is 10.2 Å². The van der Waals surface area contributed by atoms with Gasteiger partial charge >= 0.3 is 6.18 Å². The fraction of sp³-hybridized carbons (Fsp3) is 0.484. The second-order valence-corrected chi connectivity index (χ2v) is 11.0. The Morgan fingerprint density at radius 2 is 1.95 bits per heavy atom. The van der Waals surface area contributed by atoms with Crippen LogP contribution in [0.4, 0.5) is 17.6 Å². The molecular weight excluding hydrogens is 492 g/mol. The molecule has 2 aromatic carbocycles. The molecular formula is C31H38F4N2O. The van der Waals surface area contributed by atoms with Crippen LogP contribution in [0.1, 0.15) is 49.3 Å². The van der Waals surface area contributed by atoms with Crippen LogP contribution in [0.3, 0.4) is 0 Å². The number of nitrogens with one attached hydrogen (secondary N) is 1. The predicted molar refractivity (Wildman–Crippen MR) is 144 cm³/mol. The molecule has 4 atom stereocenters. The van der Waals surface area contributed by atoms with E-state index < -0.39 is 17.6 Å². The van der Waals surface area contributed by atoms with Crippen molar-refractivity contribution in [1.29, 1.82) is 0 Å². The number of hydrogen-bond acceptors (Lipinski definition) is 3. The highest BCUT2D eigenvalue weighted by molar-refractivity contribution is 5.49. The molecule has 1 saturated heterocycles. The van der Waals surface area contributed by atoms with Crippen molar-refractivity contribution in [3.05, 3.63) is 89.4 Å². The number of likely N-dealkylation sites (tertiary alicyclic amines) is 1. The molecule has 1 heterocycles. The van der Waals surface area contributed by atoms with E-state index in [0.29, 0.717) is 30.6 Å². The van der Waals surface area contributed by atoms with Gasteiger partial charge in [-0.2, -0.15) is 13.2 Å². The molecule has 1 saturated carbocycles. The lowest BCUT2D eigenvalue weighted by Gasteiger charge is -2.40. The topological polar surface area (TPSA) is 24.5 Å². The third-order valence-electron chi connectivity index (χ3n) is 8.29. The molecule has 0 amide bonds. The highest BCUT2D eigenvalue weighted by atomic mass is 19.4. The van der Waals surface area contributed by atoms with E-state index in [1.54, 1.807) is 7.11 Å². The molecule has 38 heavy (non-hydrogen) atoms. The minimum Gasteiger partial charge on any atom is -0.384 e. The largest absolute Gasteiger partial charge is 0.416 e. The van der Waals surface area contributed by atoms with Gasteiger partial charge in [-0.3, -0.25) is 0 Å². The fourth-order valence-corrected chi connectivity index (χ4v) is 6.10. The van der Waals surface area contributed by atoms with E-state index in [-0.39, 0.29) is 17.5 Å². The van der Waals surface area contributed by atoms with Crippen LogP contribution in [0.2, 0.25) is 0 Å². The van der Waals surface area contributed by atoms with Crippen LogP contribution < -0.4 is 5.32 Å². The van der Waals surface area contributed by atoms with Crippen LogP contribution in [0, 0.1) is 23.1 Å². The Bertz CT molecular complexity index is 1120. The quantitative estimate of drug-likeness (QED) is 0.344. The number of alkyl halides is 3. The van der Waals surface area contributed by atoms with Gasteiger partial charge < -0.3 is 15.0 Å².